The summed E-state index contributed by atoms with van der Waals surface area (Å²) in [6, 6.07) is 5.74. The molecule has 0 saturated heterocycles. The van der Waals surface area contributed by atoms with Crippen LogP contribution >= 0.6 is 15.9 Å². The van der Waals surface area contributed by atoms with E-state index in [1.807, 2.05) is 12.1 Å². The fourth-order valence-electron chi connectivity index (χ4n) is 2.56. The van der Waals surface area contributed by atoms with Crippen molar-refractivity contribution in [3.05, 3.63) is 34.1 Å². The molecule has 0 aliphatic heterocycles. The zero-order valence-electron chi connectivity index (χ0n) is 10.2. The molecule has 1 aromatic rings. The minimum Gasteiger partial charge on any atom is -0.310 e. The largest absolute Gasteiger partial charge is 0.310 e. The van der Waals surface area contributed by atoms with Crippen LogP contribution in [0.15, 0.2) is 22.7 Å². The first kappa shape index (κ1) is 13.0. The van der Waals surface area contributed by atoms with Gasteiger partial charge in [-0.2, -0.15) is 0 Å². The van der Waals surface area contributed by atoms with Gasteiger partial charge in [0.1, 0.15) is 5.82 Å². The highest BCUT2D eigenvalue weighted by Gasteiger charge is 2.21. The van der Waals surface area contributed by atoms with Gasteiger partial charge in [0.25, 0.3) is 0 Å². The van der Waals surface area contributed by atoms with Gasteiger partial charge in [-0.15, -0.1) is 0 Å². The maximum Gasteiger partial charge on any atom is 0.128 e. The summed E-state index contributed by atoms with van der Waals surface area (Å²) in [5.41, 5.74) is 0.748. The molecule has 94 valence electrons. The van der Waals surface area contributed by atoms with Crippen molar-refractivity contribution >= 4 is 15.9 Å². The van der Waals surface area contributed by atoms with Crippen molar-refractivity contribution in [1.82, 2.24) is 5.32 Å². The van der Waals surface area contributed by atoms with Gasteiger partial charge in [0, 0.05) is 22.6 Å². The van der Waals surface area contributed by atoms with E-state index >= 15 is 0 Å². The lowest BCUT2D eigenvalue weighted by molar-refractivity contribution is 0.378. The first-order chi connectivity index (χ1) is 8.16. The van der Waals surface area contributed by atoms with Crippen molar-refractivity contribution in [3.63, 3.8) is 0 Å². The molecule has 0 bridgehead atoms. The molecule has 0 amide bonds. The number of hydrogen-bond acceptors (Lipinski definition) is 1. The number of benzene rings is 1. The third-order valence-corrected chi connectivity index (χ3v) is 4.23. The Kier molecular flexibility index (Phi) is 4.57. The predicted octanol–water partition coefficient (Wildman–Crippen LogP) is 4.26. The summed E-state index contributed by atoms with van der Waals surface area (Å²) in [7, 11) is 0. The van der Waals surface area contributed by atoms with Gasteiger partial charge in [0.15, 0.2) is 0 Å². The summed E-state index contributed by atoms with van der Waals surface area (Å²) in [6.07, 6.45) is 5.33. The quantitative estimate of drug-likeness (QED) is 0.876. The molecule has 1 nitrogen and oxygen atoms in total. The fourth-order valence-corrected chi connectivity index (χ4v) is 2.89. The van der Waals surface area contributed by atoms with Crippen LogP contribution < -0.4 is 5.32 Å². The first-order valence-corrected chi connectivity index (χ1v) is 7.13. The van der Waals surface area contributed by atoms with E-state index in [4.69, 9.17) is 0 Å². The van der Waals surface area contributed by atoms with Crippen LogP contribution in [0.5, 0.6) is 0 Å². The van der Waals surface area contributed by atoms with Crippen LogP contribution in [0.3, 0.4) is 0 Å². The Labute approximate surface area is 111 Å². The molecule has 0 aromatic heterocycles. The van der Waals surface area contributed by atoms with Crippen molar-refractivity contribution in [2.24, 2.45) is 5.92 Å². The lowest BCUT2D eigenvalue weighted by atomic mass is 9.99. The molecular formula is C14H19BrFN. The van der Waals surface area contributed by atoms with E-state index in [1.165, 1.54) is 31.7 Å². The van der Waals surface area contributed by atoms with E-state index < -0.39 is 0 Å². The fraction of sp³-hybridized carbons (Fsp3) is 0.571. The molecule has 1 saturated carbocycles. The van der Waals surface area contributed by atoms with E-state index in [-0.39, 0.29) is 5.82 Å². The van der Waals surface area contributed by atoms with E-state index in [0.717, 1.165) is 16.0 Å². The van der Waals surface area contributed by atoms with Crippen molar-refractivity contribution < 1.29 is 4.39 Å². The average Bonchev–Trinajstić information content (AvgIpc) is 2.81. The Morgan fingerprint density at radius 3 is 2.76 bits per heavy atom. The predicted molar refractivity (Wildman–Crippen MR) is 72.4 cm³/mol. The number of nitrogens with one attached hydrogen (secondary N) is 1. The zero-order chi connectivity index (χ0) is 12.3. The van der Waals surface area contributed by atoms with Crippen LogP contribution in [0, 0.1) is 11.7 Å². The molecule has 1 atom stereocenters. The second-order valence-corrected chi connectivity index (χ2v) is 5.87. The van der Waals surface area contributed by atoms with Gasteiger partial charge in [-0.05, 0) is 37.8 Å². The van der Waals surface area contributed by atoms with Gasteiger partial charge < -0.3 is 5.32 Å². The Bertz CT molecular complexity index is 374. The second kappa shape index (κ2) is 5.96. The van der Waals surface area contributed by atoms with Crippen LogP contribution in [-0.4, -0.2) is 6.04 Å². The number of halogens is 2. The van der Waals surface area contributed by atoms with Gasteiger partial charge in [-0.25, -0.2) is 4.39 Å². The molecular weight excluding hydrogens is 281 g/mol. The Balaban J connectivity index is 1.88. The normalized spacial score (nSPS) is 18.5. The molecule has 2 rings (SSSR count). The van der Waals surface area contributed by atoms with Crippen molar-refractivity contribution in [3.8, 4) is 0 Å². The van der Waals surface area contributed by atoms with Crippen molar-refractivity contribution in [2.75, 3.05) is 0 Å². The Hall–Kier alpha value is -0.410. The smallest absolute Gasteiger partial charge is 0.128 e. The third kappa shape index (κ3) is 3.52. The van der Waals surface area contributed by atoms with Crippen molar-refractivity contribution in [1.29, 1.82) is 0 Å². The summed E-state index contributed by atoms with van der Waals surface area (Å²) in [4.78, 5) is 0. The highest BCUT2D eigenvalue weighted by Crippen LogP contribution is 2.27. The molecule has 0 spiro atoms. The minimum absolute atomic E-state index is 0.134. The van der Waals surface area contributed by atoms with Crippen LogP contribution in [0.2, 0.25) is 0 Å². The summed E-state index contributed by atoms with van der Waals surface area (Å²) in [5, 5.41) is 3.45. The Morgan fingerprint density at radius 1 is 1.41 bits per heavy atom. The molecule has 17 heavy (non-hydrogen) atoms. The molecule has 1 aliphatic rings. The summed E-state index contributed by atoms with van der Waals surface area (Å²) in [6.45, 7) is 2.84. The average molecular weight is 300 g/mol. The van der Waals surface area contributed by atoms with Crippen LogP contribution in [0.1, 0.15) is 38.2 Å². The molecule has 0 heterocycles. The second-order valence-electron chi connectivity index (χ2n) is 4.95. The molecule has 1 aromatic carbocycles. The topological polar surface area (TPSA) is 12.0 Å². The van der Waals surface area contributed by atoms with Crippen LogP contribution in [0.25, 0.3) is 0 Å². The van der Waals surface area contributed by atoms with Gasteiger partial charge in [-0.3, -0.25) is 0 Å². The maximum absolute atomic E-state index is 13.6. The first-order valence-electron chi connectivity index (χ1n) is 6.34. The third-order valence-electron chi connectivity index (χ3n) is 3.74. The van der Waals surface area contributed by atoms with Crippen LogP contribution in [0.4, 0.5) is 4.39 Å². The summed E-state index contributed by atoms with van der Waals surface area (Å²) >= 11 is 3.27. The van der Waals surface area contributed by atoms with E-state index in [9.17, 15) is 4.39 Å². The molecule has 0 unspecified atom stereocenters. The van der Waals surface area contributed by atoms with E-state index in [1.54, 1.807) is 0 Å². The van der Waals surface area contributed by atoms with Gasteiger partial charge in [0.05, 0.1) is 0 Å². The van der Waals surface area contributed by atoms with Gasteiger partial charge in [0.2, 0.25) is 0 Å². The molecule has 3 heteroatoms. The SMILES string of the molecule is C[C@H](NCc1ccc(Br)cc1F)C1CCCC1. The zero-order valence-corrected chi connectivity index (χ0v) is 11.8. The van der Waals surface area contributed by atoms with Gasteiger partial charge >= 0.3 is 0 Å². The highest BCUT2D eigenvalue weighted by molar-refractivity contribution is 9.10. The molecule has 1 aliphatic carbocycles. The minimum atomic E-state index is -0.134. The van der Waals surface area contributed by atoms with Crippen molar-refractivity contribution in [2.45, 2.75) is 45.2 Å². The standard InChI is InChI=1S/C14H19BrFN/c1-10(11-4-2-3-5-11)17-9-12-6-7-13(15)8-14(12)16/h6-8,10-11,17H,2-5,9H2,1H3/t10-/m0/s1. The Morgan fingerprint density at radius 2 is 2.12 bits per heavy atom. The molecule has 1 fully saturated rings. The summed E-state index contributed by atoms with van der Waals surface area (Å²) in [5.74, 6) is 0.638. The maximum atomic E-state index is 13.6. The number of rotatable bonds is 4. The van der Waals surface area contributed by atoms with E-state index in [2.05, 4.69) is 28.2 Å². The van der Waals surface area contributed by atoms with Crippen LogP contribution in [-0.2, 0) is 6.54 Å². The lowest BCUT2D eigenvalue weighted by Gasteiger charge is -2.20. The summed E-state index contributed by atoms with van der Waals surface area (Å²) < 4.78 is 14.4. The molecule has 0 radical (unpaired) electrons. The molecule has 1 N–H and O–H groups in total. The monoisotopic (exact) mass is 299 g/mol. The lowest BCUT2D eigenvalue weighted by Crippen LogP contribution is -2.32. The van der Waals surface area contributed by atoms with Gasteiger partial charge in [-0.1, -0.05) is 34.8 Å². The highest BCUT2D eigenvalue weighted by atomic mass is 79.9. The number of hydrogen-bond donors (Lipinski definition) is 1. The van der Waals surface area contributed by atoms with E-state index in [0.29, 0.717) is 12.6 Å².